The highest BCUT2D eigenvalue weighted by molar-refractivity contribution is 6.48. The van der Waals surface area contributed by atoms with Crippen LogP contribution in [0.1, 0.15) is 15.9 Å². The number of fused-ring (bicyclic) bond motifs is 1. The second-order valence-electron chi connectivity index (χ2n) is 5.22. The Bertz CT molecular complexity index is 979. The summed E-state index contributed by atoms with van der Waals surface area (Å²) in [6.45, 7) is 0. The number of halogens is 4. The van der Waals surface area contributed by atoms with E-state index < -0.39 is 29.1 Å². The first-order valence-electron chi connectivity index (χ1n) is 7.06. The maximum Gasteiger partial charge on any atom is 0.418 e. The molecule has 0 aliphatic heterocycles. The number of anilines is 1. The van der Waals surface area contributed by atoms with E-state index in [-0.39, 0.29) is 5.56 Å². The largest absolute Gasteiger partial charge is 0.418 e. The zero-order chi connectivity index (χ0) is 18.2. The van der Waals surface area contributed by atoms with E-state index in [9.17, 15) is 22.8 Å². The van der Waals surface area contributed by atoms with Crippen LogP contribution in [-0.4, -0.2) is 16.7 Å². The SMILES string of the molecule is O=C(Nc1ccccc1C(F)(F)F)C(=O)c1c[nH]c2ccc(Cl)cc12. The molecular weight excluding hydrogens is 357 g/mol. The number of carbonyl (C=O) groups excluding carboxylic acids is 2. The number of nitrogens with one attached hydrogen (secondary N) is 2. The summed E-state index contributed by atoms with van der Waals surface area (Å²) >= 11 is 5.88. The number of aromatic nitrogens is 1. The Hall–Kier alpha value is -2.80. The highest BCUT2D eigenvalue weighted by Crippen LogP contribution is 2.34. The fourth-order valence-electron chi connectivity index (χ4n) is 2.42. The summed E-state index contributed by atoms with van der Waals surface area (Å²) in [6, 6.07) is 9.17. The van der Waals surface area contributed by atoms with Gasteiger partial charge < -0.3 is 10.3 Å². The Morgan fingerprint density at radius 3 is 2.52 bits per heavy atom. The van der Waals surface area contributed by atoms with E-state index in [4.69, 9.17) is 11.6 Å². The van der Waals surface area contributed by atoms with Crippen molar-refractivity contribution >= 4 is 39.9 Å². The van der Waals surface area contributed by atoms with E-state index in [1.54, 1.807) is 12.1 Å². The average Bonchev–Trinajstić information content (AvgIpc) is 2.96. The molecular formula is C17H10ClF3N2O2. The molecule has 4 nitrogen and oxygen atoms in total. The van der Waals surface area contributed by atoms with Gasteiger partial charge in [-0.25, -0.2) is 0 Å². The van der Waals surface area contributed by atoms with Crippen LogP contribution in [0.5, 0.6) is 0 Å². The van der Waals surface area contributed by atoms with Gasteiger partial charge in [0.05, 0.1) is 16.8 Å². The van der Waals surface area contributed by atoms with Crippen LogP contribution >= 0.6 is 11.6 Å². The molecule has 0 spiro atoms. The average molecular weight is 367 g/mol. The summed E-state index contributed by atoms with van der Waals surface area (Å²) in [5, 5.41) is 2.81. The Morgan fingerprint density at radius 1 is 1.08 bits per heavy atom. The zero-order valence-corrected chi connectivity index (χ0v) is 13.2. The van der Waals surface area contributed by atoms with Gasteiger partial charge in [-0.1, -0.05) is 23.7 Å². The number of alkyl halides is 3. The maximum absolute atomic E-state index is 13.0. The number of para-hydroxylation sites is 1. The zero-order valence-electron chi connectivity index (χ0n) is 12.4. The first kappa shape index (κ1) is 17.0. The van der Waals surface area contributed by atoms with Gasteiger partial charge in [-0.3, -0.25) is 9.59 Å². The molecule has 1 aromatic heterocycles. The highest BCUT2D eigenvalue weighted by Gasteiger charge is 2.34. The van der Waals surface area contributed by atoms with Crippen molar-refractivity contribution in [1.82, 2.24) is 4.98 Å². The molecule has 128 valence electrons. The molecule has 0 fully saturated rings. The van der Waals surface area contributed by atoms with Crippen molar-refractivity contribution < 1.29 is 22.8 Å². The molecule has 0 saturated heterocycles. The Labute approximate surface area is 144 Å². The predicted molar refractivity (Wildman–Crippen MR) is 87.7 cm³/mol. The molecule has 0 radical (unpaired) electrons. The fraction of sp³-hybridized carbons (Fsp3) is 0.0588. The fourth-order valence-corrected chi connectivity index (χ4v) is 2.59. The van der Waals surface area contributed by atoms with Crippen LogP contribution in [0.3, 0.4) is 0 Å². The van der Waals surface area contributed by atoms with Crippen LogP contribution in [0.4, 0.5) is 18.9 Å². The monoisotopic (exact) mass is 366 g/mol. The van der Waals surface area contributed by atoms with Gasteiger partial charge in [0, 0.05) is 22.1 Å². The van der Waals surface area contributed by atoms with Crippen molar-refractivity contribution in [2.45, 2.75) is 6.18 Å². The van der Waals surface area contributed by atoms with Gasteiger partial charge >= 0.3 is 6.18 Å². The van der Waals surface area contributed by atoms with E-state index >= 15 is 0 Å². The van der Waals surface area contributed by atoms with Gasteiger partial charge in [0.1, 0.15) is 0 Å². The molecule has 3 aromatic rings. The van der Waals surface area contributed by atoms with Crippen LogP contribution in [0.2, 0.25) is 5.02 Å². The molecule has 0 bridgehead atoms. The Balaban J connectivity index is 1.92. The summed E-state index contributed by atoms with van der Waals surface area (Å²) in [5.41, 5.74) is -0.903. The number of hydrogen-bond acceptors (Lipinski definition) is 2. The van der Waals surface area contributed by atoms with Crippen molar-refractivity contribution in [3.63, 3.8) is 0 Å². The number of aromatic amines is 1. The van der Waals surface area contributed by atoms with Gasteiger partial charge in [0.15, 0.2) is 0 Å². The molecule has 8 heteroatoms. The molecule has 1 heterocycles. The number of amides is 1. The van der Waals surface area contributed by atoms with E-state index in [0.29, 0.717) is 15.9 Å². The number of carbonyl (C=O) groups is 2. The van der Waals surface area contributed by atoms with Crippen molar-refractivity contribution in [3.05, 3.63) is 64.8 Å². The van der Waals surface area contributed by atoms with Crippen LogP contribution in [-0.2, 0) is 11.0 Å². The number of Topliss-reactive ketones (excluding diaryl/α,β-unsaturated/α-hetero) is 1. The molecule has 2 aromatic carbocycles. The van der Waals surface area contributed by atoms with E-state index in [1.165, 1.54) is 24.4 Å². The quantitative estimate of drug-likeness (QED) is 0.523. The van der Waals surface area contributed by atoms with Crippen molar-refractivity contribution in [2.75, 3.05) is 5.32 Å². The Morgan fingerprint density at radius 2 is 1.80 bits per heavy atom. The van der Waals surface area contributed by atoms with Crippen molar-refractivity contribution in [1.29, 1.82) is 0 Å². The first-order valence-corrected chi connectivity index (χ1v) is 7.43. The lowest BCUT2D eigenvalue weighted by Crippen LogP contribution is -2.24. The Kier molecular flexibility index (Phi) is 4.26. The molecule has 0 atom stereocenters. The van der Waals surface area contributed by atoms with Gasteiger partial charge in [-0.15, -0.1) is 0 Å². The second kappa shape index (κ2) is 6.25. The van der Waals surface area contributed by atoms with Crippen molar-refractivity contribution in [2.24, 2.45) is 0 Å². The smallest absolute Gasteiger partial charge is 0.360 e. The highest BCUT2D eigenvalue weighted by atomic mass is 35.5. The van der Waals surface area contributed by atoms with Gasteiger partial charge in [-0.2, -0.15) is 13.2 Å². The standard InChI is InChI=1S/C17H10ClF3N2O2/c18-9-5-6-13-10(7-9)11(8-22-13)15(24)16(25)23-14-4-2-1-3-12(14)17(19,20)21/h1-8,22H,(H,23,25). The number of ketones is 1. The van der Waals surface area contributed by atoms with Gasteiger partial charge in [0.25, 0.3) is 11.7 Å². The molecule has 25 heavy (non-hydrogen) atoms. The molecule has 2 N–H and O–H groups in total. The van der Waals surface area contributed by atoms with Crippen LogP contribution in [0.25, 0.3) is 10.9 Å². The summed E-state index contributed by atoms with van der Waals surface area (Å²) in [7, 11) is 0. The second-order valence-corrected chi connectivity index (χ2v) is 5.66. The maximum atomic E-state index is 13.0. The lowest BCUT2D eigenvalue weighted by atomic mass is 10.1. The topological polar surface area (TPSA) is 62.0 Å². The number of benzene rings is 2. The molecule has 0 unspecified atom stereocenters. The van der Waals surface area contributed by atoms with E-state index in [0.717, 1.165) is 12.1 Å². The normalized spacial score (nSPS) is 11.5. The first-order chi connectivity index (χ1) is 11.8. The molecule has 0 saturated carbocycles. The minimum absolute atomic E-state index is 0.0273. The van der Waals surface area contributed by atoms with E-state index in [2.05, 4.69) is 4.98 Å². The van der Waals surface area contributed by atoms with Crippen LogP contribution < -0.4 is 5.32 Å². The summed E-state index contributed by atoms with van der Waals surface area (Å²) in [6.07, 6.45) is -3.33. The third-order valence-corrected chi connectivity index (χ3v) is 3.81. The minimum atomic E-state index is -4.65. The third-order valence-electron chi connectivity index (χ3n) is 3.58. The number of hydrogen-bond donors (Lipinski definition) is 2. The number of rotatable bonds is 3. The van der Waals surface area contributed by atoms with E-state index in [1.807, 2.05) is 5.32 Å². The van der Waals surface area contributed by atoms with Gasteiger partial charge in [0.2, 0.25) is 0 Å². The van der Waals surface area contributed by atoms with Gasteiger partial charge in [-0.05, 0) is 30.3 Å². The summed E-state index contributed by atoms with van der Waals surface area (Å²) in [5.74, 6) is -2.14. The predicted octanol–water partition coefficient (Wildman–Crippen LogP) is 4.66. The lowest BCUT2D eigenvalue weighted by molar-refractivity contribution is -0.137. The summed E-state index contributed by atoms with van der Waals surface area (Å²) < 4.78 is 38.9. The molecule has 0 aliphatic rings. The number of H-pyrrole nitrogens is 1. The molecule has 3 rings (SSSR count). The van der Waals surface area contributed by atoms with Crippen molar-refractivity contribution in [3.8, 4) is 0 Å². The third kappa shape index (κ3) is 3.36. The molecule has 1 amide bonds. The molecule has 0 aliphatic carbocycles. The summed E-state index contributed by atoms with van der Waals surface area (Å²) in [4.78, 5) is 27.3. The minimum Gasteiger partial charge on any atom is -0.360 e. The van der Waals surface area contributed by atoms with Crippen LogP contribution in [0, 0.1) is 0 Å². The lowest BCUT2D eigenvalue weighted by Gasteiger charge is -2.12. The van der Waals surface area contributed by atoms with Crippen LogP contribution in [0.15, 0.2) is 48.7 Å².